The van der Waals surface area contributed by atoms with Crippen molar-refractivity contribution in [3.8, 4) is 11.4 Å². The number of rotatable bonds is 8. The van der Waals surface area contributed by atoms with Crippen molar-refractivity contribution in [3.05, 3.63) is 29.3 Å². The number of amides is 1. The van der Waals surface area contributed by atoms with Crippen LogP contribution in [0.4, 0.5) is 0 Å². The average Bonchev–Trinajstić information content (AvgIpc) is 3.15. The van der Waals surface area contributed by atoms with Crippen LogP contribution in [0.15, 0.2) is 24.3 Å². The van der Waals surface area contributed by atoms with E-state index < -0.39 is 12.0 Å². The highest BCUT2D eigenvalue weighted by molar-refractivity contribution is 6.30. The first-order chi connectivity index (χ1) is 12.9. The molecule has 0 aliphatic carbocycles. The van der Waals surface area contributed by atoms with E-state index in [2.05, 4.69) is 15.4 Å². The van der Waals surface area contributed by atoms with Crippen LogP contribution in [-0.4, -0.2) is 57.2 Å². The van der Waals surface area contributed by atoms with Crippen molar-refractivity contribution in [2.75, 3.05) is 20.2 Å². The third kappa shape index (κ3) is 5.03. The second kappa shape index (κ2) is 9.45. The first kappa shape index (κ1) is 20.8. The Labute approximate surface area is 163 Å². The molecule has 0 aliphatic heterocycles. The van der Waals surface area contributed by atoms with E-state index in [1.165, 1.54) is 11.9 Å². The predicted octanol–water partition coefficient (Wildman–Crippen LogP) is 2.60. The van der Waals surface area contributed by atoms with Gasteiger partial charge in [-0.15, -0.1) is 10.2 Å². The van der Waals surface area contributed by atoms with Crippen molar-refractivity contribution < 1.29 is 14.3 Å². The van der Waals surface area contributed by atoms with E-state index in [-0.39, 0.29) is 18.4 Å². The summed E-state index contributed by atoms with van der Waals surface area (Å²) >= 11 is 5.90. The van der Waals surface area contributed by atoms with Crippen molar-refractivity contribution >= 4 is 23.5 Å². The maximum atomic E-state index is 13.0. The summed E-state index contributed by atoms with van der Waals surface area (Å²) in [7, 11) is 1.34. The number of carbonyl (C=O) groups excluding carboxylic acids is 2. The molecule has 0 aliphatic rings. The molecule has 2 unspecified atom stereocenters. The van der Waals surface area contributed by atoms with Crippen LogP contribution in [-0.2, 0) is 14.3 Å². The monoisotopic (exact) mass is 393 g/mol. The van der Waals surface area contributed by atoms with E-state index in [9.17, 15) is 9.59 Å². The van der Waals surface area contributed by atoms with E-state index in [1.807, 2.05) is 13.8 Å². The van der Waals surface area contributed by atoms with E-state index in [1.54, 1.807) is 36.1 Å². The van der Waals surface area contributed by atoms with Gasteiger partial charge in [0.2, 0.25) is 11.7 Å². The minimum atomic E-state index is -0.594. The SMILES string of the molecule is CCC(C(=O)N(CC)CC(C)C(=O)OC)n1nnc(-c2ccc(Cl)cc2)n1. The summed E-state index contributed by atoms with van der Waals surface area (Å²) in [5.41, 5.74) is 0.764. The summed E-state index contributed by atoms with van der Waals surface area (Å²) in [5, 5.41) is 13.1. The van der Waals surface area contributed by atoms with Crippen molar-refractivity contribution in [1.29, 1.82) is 0 Å². The van der Waals surface area contributed by atoms with E-state index in [0.29, 0.717) is 23.8 Å². The molecule has 0 saturated heterocycles. The van der Waals surface area contributed by atoms with Crippen molar-refractivity contribution in [2.45, 2.75) is 33.2 Å². The van der Waals surface area contributed by atoms with Crippen LogP contribution in [0.1, 0.15) is 33.2 Å². The first-order valence-electron chi connectivity index (χ1n) is 8.83. The fraction of sp³-hybridized carbons (Fsp3) is 0.500. The third-order valence-electron chi connectivity index (χ3n) is 4.27. The van der Waals surface area contributed by atoms with Gasteiger partial charge in [-0.1, -0.05) is 25.4 Å². The number of esters is 1. The quantitative estimate of drug-likeness (QED) is 0.640. The normalized spacial score (nSPS) is 13.1. The molecular formula is C18H24ClN5O3. The summed E-state index contributed by atoms with van der Waals surface area (Å²) in [6.45, 7) is 6.22. The van der Waals surface area contributed by atoms with Crippen LogP contribution in [0.25, 0.3) is 11.4 Å². The molecule has 9 heteroatoms. The fourth-order valence-corrected chi connectivity index (χ4v) is 2.83. The summed E-state index contributed by atoms with van der Waals surface area (Å²) in [5.74, 6) is -0.498. The number of hydrogen-bond donors (Lipinski definition) is 0. The van der Waals surface area contributed by atoms with Crippen molar-refractivity contribution in [1.82, 2.24) is 25.1 Å². The molecule has 2 atom stereocenters. The molecule has 146 valence electrons. The highest BCUT2D eigenvalue weighted by atomic mass is 35.5. The first-order valence-corrected chi connectivity index (χ1v) is 9.21. The Morgan fingerprint density at radius 3 is 2.48 bits per heavy atom. The second-order valence-electron chi connectivity index (χ2n) is 6.17. The maximum absolute atomic E-state index is 13.0. The van der Waals surface area contributed by atoms with Gasteiger partial charge in [-0.3, -0.25) is 9.59 Å². The largest absolute Gasteiger partial charge is 0.469 e. The molecule has 27 heavy (non-hydrogen) atoms. The molecule has 0 saturated carbocycles. The van der Waals surface area contributed by atoms with Gasteiger partial charge in [0.25, 0.3) is 0 Å². The molecule has 0 spiro atoms. The zero-order chi connectivity index (χ0) is 20.0. The topological polar surface area (TPSA) is 90.2 Å². The van der Waals surface area contributed by atoms with Crippen LogP contribution in [0.3, 0.4) is 0 Å². The molecule has 0 radical (unpaired) electrons. The van der Waals surface area contributed by atoms with Crippen LogP contribution in [0.5, 0.6) is 0 Å². The molecule has 8 nitrogen and oxygen atoms in total. The number of ether oxygens (including phenoxy) is 1. The number of halogens is 1. The minimum Gasteiger partial charge on any atom is -0.469 e. The zero-order valence-electron chi connectivity index (χ0n) is 15.9. The van der Waals surface area contributed by atoms with Gasteiger partial charge in [0.1, 0.15) is 0 Å². The Balaban J connectivity index is 2.18. The number of hydrogen-bond acceptors (Lipinski definition) is 6. The highest BCUT2D eigenvalue weighted by Crippen LogP contribution is 2.19. The van der Waals surface area contributed by atoms with Crippen LogP contribution >= 0.6 is 11.6 Å². The van der Waals surface area contributed by atoms with E-state index >= 15 is 0 Å². The Kier molecular flexibility index (Phi) is 7.29. The molecule has 1 aromatic heterocycles. The Morgan fingerprint density at radius 1 is 1.26 bits per heavy atom. The molecule has 0 bridgehead atoms. The molecule has 1 aromatic carbocycles. The van der Waals surface area contributed by atoms with Gasteiger partial charge in [0, 0.05) is 23.7 Å². The van der Waals surface area contributed by atoms with Gasteiger partial charge < -0.3 is 9.64 Å². The van der Waals surface area contributed by atoms with Gasteiger partial charge in [-0.2, -0.15) is 4.80 Å². The second-order valence-corrected chi connectivity index (χ2v) is 6.60. The highest BCUT2D eigenvalue weighted by Gasteiger charge is 2.28. The third-order valence-corrected chi connectivity index (χ3v) is 4.52. The van der Waals surface area contributed by atoms with Crippen LogP contribution in [0.2, 0.25) is 5.02 Å². The smallest absolute Gasteiger partial charge is 0.310 e. The lowest BCUT2D eigenvalue weighted by atomic mass is 10.1. The van der Waals surface area contributed by atoms with Crippen molar-refractivity contribution in [3.63, 3.8) is 0 Å². The van der Waals surface area contributed by atoms with Gasteiger partial charge >= 0.3 is 5.97 Å². The standard InChI is InChI=1S/C18H24ClN5O3/c1-5-15(17(25)23(6-2)11-12(3)18(26)27-4)24-21-16(20-22-24)13-7-9-14(19)10-8-13/h7-10,12,15H,5-6,11H2,1-4H3. The zero-order valence-corrected chi connectivity index (χ0v) is 16.7. The molecule has 1 amide bonds. The Morgan fingerprint density at radius 2 is 1.93 bits per heavy atom. The van der Waals surface area contributed by atoms with E-state index in [4.69, 9.17) is 16.3 Å². The number of tetrazole rings is 1. The summed E-state index contributed by atoms with van der Waals surface area (Å²) in [4.78, 5) is 27.6. The van der Waals surface area contributed by atoms with Gasteiger partial charge in [0.15, 0.2) is 6.04 Å². The number of methoxy groups -OCH3 is 1. The van der Waals surface area contributed by atoms with Crippen LogP contribution < -0.4 is 0 Å². The molecular weight excluding hydrogens is 370 g/mol. The lowest BCUT2D eigenvalue weighted by Gasteiger charge is -2.26. The van der Waals surface area contributed by atoms with Crippen LogP contribution in [0, 0.1) is 5.92 Å². The van der Waals surface area contributed by atoms with Gasteiger partial charge in [-0.25, -0.2) is 0 Å². The fourth-order valence-electron chi connectivity index (χ4n) is 2.70. The lowest BCUT2D eigenvalue weighted by Crippen LogP contribution is -2.41. The van der Waals surface area contributed by atoms with Gasteiger partial charge in [-0.05, 0) is 42.8 Å². The predicted molar refractivity (Wildman–Crippen MR) is 101 cm³/mol. The summed E-state index contributed by atoms with van der Waals surface area (Å²) in [6, 6.07) is 6.48. The van der Waals surface area contributed by atoms with E-state index in [0.717, 1.165) is 5.56 Å². The van der Waals surface area contributed by atoms with Crippen molar-refractivity contribution in [2.24, 2.45) is 5.92 Å². The number of benzene rings is 1. The van der Waals surface area contributed by atoms with Gasteiger partial charge in [0.05, 0.1) is 13.0 Å². The average molecular weight is 394 g/mol. The maximum Gasteiger partial charge on any atom is 0.310 e. The minimum absolute atomic E-state index is 0.157. The molecule has 1 heterocycles. The number of likely N-dealkylation sites (N-methyl/N-ethyl adjacent to an activating group) is 1. The summed E-state index contributed by atoms with van der Waals surface area (Å²) in [6.07, 6.45) is 0.498. The Hall–Kier alpha value is -2.48. The number of carbonyl (C=O) groups is 2. The molecule has 0 fully saturated rings. The molecule has 2 aromatic rings. The molecule has 2 rings (SSSR count). The summed E-state index contributed by atoms with van der Waals surface area (Å²) < 4.78 is 4.74. The number of aromatic nitrogens is 4. The Bertz CT molecular complexity index is 778. The lowest BCUT2D eigenvalue weighted by molar-refractivity contribution is -0.147. The number of nitrogens with zero attached hydrogens (tertiary/aromatic N) is 5. The molecule has 0 N–H and O–H groups in total.